The molecule has 0 aromatic heterocycles. The van der Waals surface area contributed by atoms with Crippen LogP contribution in [0.2, 0.25) is 0 Å². The van der Waals surface area contributed by atoms with E-state index >= 15 is 0 Å². The predicted octanol–water partition coefficient (Wildman–Crippen LogP) is 8.03. The topological polar surface area (TPSA) is 0 Å². The molecule has 0 N–H and O–H groups in total. The zero-order chi connectivity index (χ0) is 18.2. The Morgan fingerprint density at radius 2 is 1.68 bits per heavy atom. The van der Waals surface area contributed by atoms with Gasteiger partial charge in [-0.3, -0.25) is 0 Å². The van der Waals surface area contributed by atoms with Crippen molar-refractivity contribution in [2.24, 2.45) is 40.4 Å². The number of rotatable bonds is 2. The first-order valence-electron chi connectivity index (χ1n) is 11.4. The molecule has 3 fully saturated rings. The van der Waals surface area contributed by atoms with Crippen LogP contribution in [0.5, 0.6) is 0 Å². The fraction of sp³-hybridized carbons (Fsp3) is 0.920. The summed E-state index contributed by atoms with van der Waals surface area (Å²) in [6.45, 7) is 15.0. The van der Waals surface area contributed by atoms with Crippen LogP contribution in [0, 0.1) is 40.4 Å². The largest absolute Gasteiger partial charge is 0.0856 e. The second-order valence-electron chi connectivity index (χ2n) is 11.0. The summed E-state index contributed by atoms with van der Waals surface area (Å²) in [5, 5.41) is 0. The molecule has 6 unspecified atom stereocenters. The van der Waals surface area contributed by atoms with Crippen molar-refractivity contribution in [1.82, 2.24) is 0 Å². The molecule has 6 atom stereocenters. The number of allylic oxidation sites excluding steroid dienone is 2. The summed E-state index contributed by atoms with van der Waals surface area (Å²) in [6.07, 6.45) is 17.1. The van der Waals surface area contributed by atoms with Crippen molar-refractivity contribution in [1.29, 1.82) is 0 Å². The van der Waals surface area contributed by atoms with Crippen LogP contribution in [-0.2, 0) is 0 Å². The van der Waals surface area contributed by atoms with E-state index in [2.05, 4.69) is 47.6 Å². The van der Waals surface area contributed by atoms with Crippen LogP contribution in [0.1, 0.15) is 106 Å². The summed E-state index contributed by atoms with van der Waals surface area (Å²) >= 11 is 0. The molecule has 3 saturated carbocycles. The lowest BCUT2D eigenvalue weighted by molar-refractivity contribution is -0.0672. The van der Waals surface area contributed by atoms with Gasteiger partial charge in [0.2, 0.25) is 0 Å². The van der Waals surface area contributed by atoms with E-state index in [1.807, 2.05) is 0 Å². The molecule has 0 radical (unpaired) electrons. The molecule has 3 aliphatic carbocycles. The maximum atomic E-state index is 2.70. The minimum absolute atomic E-state index is 0.478. The van der Waals surface area contributed by atoms with Gasteiger partial charge in [0, 0.05) is 0 Å². The molecule has 0 saturated heterocycles. The van der Waals surface area contributed by atoms with E-state index in [0.29, 0.717) is 10.8 Å². The zero-order valence-electron chi connectivity index (χ0n) is 18.0. The highest BCUT2D eigenvalue weighted by atomic mass is 14.6. The molecule has 0 heteroatoms. The second kappa shape index (κ2) is 7.40. The van der Waals surface area contributed by atoms with Crippen LogP contribution >= 0.6 is 0 Å². The summed E-state index contributed by atoms with van der Waals surface area (Å²) in [4.78, 5) is 0. The molecular formula is C25H44. The molecule has 3 rings (SSSR count). The predicted molar refractivity (Wildman–Crippen MR) is 111 cm³/mol. The third-order valence-corrected chi connectivity index (χ3v) is 9.04. The van der Waals surface area contributed by atoms with E-state index < -0.39 is 0 Å². The van der Waals surface area contributed by atoms with Crippen molar-refractivity contribution in [3.63, 3.8) is 0 Å². The molecule has 0 aromatic carbocycles. The third-order valence-electron chi connectivity index (χ3n) is 9.04. The number of fused-ring (bicyclic) bond motifs is 3. The normalized spacial score (nSPS) is 45.0. The molecule has 3 aliphatic rings. The van der Waals surface area contributed by atoms with Gasteiger partial charge in [0.15, 0.2) is 0 Å². The number of hydrogen-bond acceptors (Lipinski definition) is 0. The smallest absolute Gasteiger partial charge is 0.0155 e. The van der Waals surface area contributed by atoms with Gasteiger partial charge in [0.1, 0.15) is 0 Å². The van der Waals surface area contributed by atoms with Gasteiger partial charge in [-0.1, -0.05) is 52.7 Å². The van der Waals surface area contributed by atoms with Crippen molar-refractivity contribution in [3.05, 3.63) is 11.6 Å². The first-order valence-corrected chi connectivity index (χ1v) is 11.4. The minimum Gasteiger partial charge on any atom is -0.0856 e. The quantitative estimate of drug-likeness (QED) is 0.445. The van der Waals surface area contributed by atoms with E-state index in [1.54, 1.807) is 5.57 Å². The average molecular weight is 345 g/mol. The summed E-state index contributed by atoms with van der Waals surface area (Å²) in [7, 11) is 0. The van der Waals surface area contributed by atoms with Crippen LogP contribution in [0.3, 0.4) is 0 Å². The Bertz CT molecular complexity index is 484. The van der Waals surface area contributed by atoms with Gasteiger partial charge in [-0.2, -0.15) is 0 Å². The second-order valence-corrected chi connectivity index (χ2v) is 11.0. The fourth-order valence-electron chi connectivity index (χ4n) is 7.42. The molecule has 0 amide bonds. The third kappa shape index (κ3) is 3.74. The van der Waals surface area contributed by atoms with Gasteiger partial charge in [0.05, 0.1) is 0 Å². The molecule has 0 aliphatic heterocycles. The Labute approximate surface area is 158 Å². The minimum atomic E-state index is 0.478. The Morgan fingerprint density at radius 3 is 2.40 bits per heavy atom. The summed E-state index contributed by atoms with van der Waals surface area (Å²) in [6, 6.07) is 0. The highest BCUT2D eigenvalue weighted by Crippen LogP contribution is 2.60. The Balaban J connectivity index is 1.80. The lowest BCUT2D eigenvalue weighted by atomic mass is 9.48. The van der Waals surface area contributed by atoms with E-state index in [0.717, 1.165) is 29.6 Å². The lowest BCUT2D eigenvalue weighted by Gasteiger charge is -2.57. The summed E-state index contributed by atoms with van der Waals surface area (Å²) < 4.78 is 0. The van der Waals surface area contributed by atoms with Crippen molar-refractivity contribution in [2.75, 3.05) is 0 Å². The Morgan fingerprint density at radius 1 is 0.960 bits per heavy atom. The van der Waals surface area contributed by atoms with Gasteiger partial charge in [-0.25, -0.2) is 0 Å². The van der Waals surface area contributed by atoms with Crippen molar-refractivity contribution < 1.29 is 0 Å². The first kappa shape index (κ1) is 19.5. The van der Waals surface area contributed by atoms with E-state index in [1.165, 1.54) is 64.2 Å². The van der Waals surface area contributed by atoms with Crippen molar-refractivity contribution >= 4 is 0 Å². The molecule has 144 valence electrons. The van der Waals surface area contributed by atoms with Crippen LogP contribution in [-0.4, -0.2) is 0 Å². The van der Waals surface area contributed by atoms with Gasteiger partial charge in [-0.15, -0.1) is 0 Å². The highest BCUT2D eigenvalue weighted by molar-refractivity contribution is 5.09. The van der Waals surface area contributed by atoms with E-state index in [4.69, 9.17) is 0 Å². The maximum absolute atomic E-state index is 2.70. The zero-order valence-corrected chi connectivity index (χ0v) is 18.0. The molecule has 0 heterocycles. The first-order chi connectivity index (χ1) is 11.8. The van der Waals surface area contributed by atoms with E-state index in [9.17, 15) is 0 Å². The van der Waals surface area contributed by atoms with Crippen LogP contribution in [0.25, 0.3) is 0 Å². The average Bonchev–Trinajstić information content (AvgIpc) is 2.53. The SMILES string of the molecule is CC/C=C(\C)C1CCC2CCC3CC(C)CCC3(C)C2CCC1(C)C. The van der Waals surface area contributed by atoms with Crippen LogP contribution < -0.4 is 0 Å². The number of hydrogen-bond donors (Lipinski definition) is 0. The molecular weight excluding hydrogens is 300 g/mol. The molecule has 25 heavy (non-hydrogen) atoms. The van der Waals surface area contributed by atoms with Gasteiger partial charge < -0.3 is 0 Å². The van der Waals surface area contributed by atoms with Crippen molar-refractivity contribution in [3.8, 4) is 0 Å². The summed E-state index contributed by atoms with van der Waals surface area (Å²) in [5.41, 5.74) is 2.82. The van der Waals surface area contributed by atoms with Gasteiger partial charge in [-0.05, 0) is 105 Å². The maximum Gasteiger partial charge on any atom is -0.0155 e. The molecule has 0 nitrogen and oxygen atoms in total. The Kier molecular flexibility index (Phi) is 5.77. The van der Waals surface area contributed by atoms with Gasteiger partial charge >= 0.3 is 0 Å². The Hall–Kier alpha value is -0.260. The van der Waals surface area contributed by atoms with E-state index in [-0.39, 0.29) is 0 Å². The standard InChI is InChI=1S/C25H44/c1-7-8-19(3)22-12-10-20-9-11-21-17-18(2)13-16-25(21,6)23(20)14-15-24(22,4)5/h8,18,20-23H,7,9-17H2,1-6H3/b19-8+. The lowest BCUT2D eigenvalue weighted by Crippen LogP contribution is -2.48. The fourth-order valence-corrected chi connectivity index (χ4v) is 7.42. The molecule has 0 bridgehead atoms. The molecule has 0 spiro atoms. The molecule has 0 aromatic rings. The summed E-state index contributed by atoms with van der Waals surface area (Å²) in [5.74, 6) is 4.84. The van der Waals surface area contributed by atoms with Crippen LogP contribution in [0.4, 0.5) is 0 Å². The highest BCUT2D eigenvalue weighted by Gasteiger charge is 2.51. The van der Waals surface area contributed by atoms with Crippen LogP contribution in [0.15, 0.2) is 11.6 Å². The van der Waals surface area contributed by atoms with Gasteiger partial charge in [0.25, 0.3) is 0 Å². The monoisotopic (exact) mass is 344 g/mol. The van der Waals surface area contributed by atoms with Crippen molar-refractivity contribution in [2.45, 2.75) is 106 Å².